The first kappa shape index (κ1) is 14.0. The van der Waals surface area contributed by atoms with E-state index >= 15 is 0 Å². The Balaban J connectivity index is 2.05. The zero-order chi connectivity index (χ0) is 13.8. The molecular formula is C15H17BrN2O. The minimum atomic E-state index is 0.0425. The van der Waals surface area contributed by atoms with Gasteiger partial charge in [0.15, 0.2) is 0 Å². The van der Waals surface area contributed by atoms with Gasteiger partial charge in [-0.15, -0.1) is 0 Å². The molecule has 0 radical (unpaired) electrons. The van der Waals surface area contributed by atoms with E-state index in [-0.39, 0.29) is 6.04 Å². The van der Waals surface area contributed by atoms with Gasteiger partial charge in [-0.25, -0.2) is 0 Å². The van der Waals surface area contributed by atoms with Crippen molar-refractivity contribution in [1.82, 2.24) is 4.98 Å². The van der Waals surface area contributed by atoms with E-state index in [0.29, 0.717) is 6.61 Å². The zero-order valence-corrected chi connectivity index (χ0v) is 12.6. The number of hydrogen-bond acceptors (Lipinski definition) is 3. The van der Waals surface area contributed by atoms with E-state index in [1.165, 1.54) is 0 Å². The number of hydrogen-bond donors (Lipinski definition) is 1. The summed E-state index contributed by atoms with van der Waals surface area (Å²) in [6, 6.07) is 9.97. The van der Waals surface area contributed by atoms with E-state index in [1.54, 1.807) is 6.20 Å². The van der Waals surface area contributed by atoms with Crippen LogP contribution in [0.3, 0.4) is 0 Å². The quantitative estimate of drug-likeness (QED) is 0.933. The SMILES string of the molecule is Cc1cc([C@@H](C)N)ccc1OCc1ccc(Br)cn1. The Bertz CT molecular complexity index is 553. The van der Waals surface area contributed by atoms with Crippen LogP contribution in [0.15, 0.2) is 41.0 Å². The van der Waals surface area contributed by atoms with Gasteiger partial charge in [0.05, 0.1) is 5.69 Å². The van der Waals surface area contributed by atoms with E-state index in [9.17, 15) is 0 Å². The van der Waals surface area contributed by atoms with Crippen LogP contribution in [0.5, 0.6) is 5.75 Å². The molecule has 0 fully saturated rings. The molecule has 0 aliphatic carbocycles. The Morgan fingerprint density at radius 3 is 2.68 bits per heavy atom. The standard InChI is InChI=1S/C15H17BrN2O/c1-10-7-12(11(2)17)3-6-15(10)19-9-14-5-4-13(16)8-18-14/h3-8,11H,9,17H2,1-2H3/t11-/m1/s1. The van der Waals surface area contributed by atoms with Crippen LogP contribution in [-0.4, -0.2) is 4.98 Å². The molecule has 100 valence electrons. The molecule has 1 aromatic heterocycles. The fourth-order valence-electron chi connectivity index (χ4n) is 1.76. The molecule has 3 nitrogen and oxygen atoms in total. The third-order valence-corrected chi connectivity index (χ3v) is 3.36. The molecule has 0 saturated heterocycles. The number of nitrogens with zero attached hydrogens (tertiary/aromatic N) is 1. The number of aryl methyl sites for hydroxylation is 1. The van der Waals surface area contributed by atoms with E-state index in [4.69, 9.17) is 10.5 Å². The van der Waals surface area contributed by atoms with Gasteiger partial charge >= 0.3 is 0 Å². The highest BCUT2D eigenvalue weighted by Crippen LogP contribution is 2.22. The summed E-state index contributed by atoms with van der Waals surface area (Å²) in [5.74, 6) is 0.870. The number of halogens is 1. The second-order valence-electron chi connectivity index (χ2n) is 4.57. The van der Waals surface area contributed by atoms with Gasteiger partial charge in [0.2, 0.25) is 0 Å². The number of nitrogens with two attached hydrogens (primary N) is 1. The van der Waals surface area contributed by atoms with Crippen LogP contribution in [0.1, 0.15) is 29.8 Å². The van der Waals surface area contributed by atoms with Crippen molar-refractivity contribution >= 4 is 15.9 Å². The Labute approximate surface area is 121 Å². The molecule has 19 heavy (non-hydrogen) atoms. The third kappa shape index (κ3) is 3.78. The van der Waals surface area contributed by atoms with Crippen molar-refractivity contribution in [3.8, 4) is 5.75 Å². The molecule has 2 rings (SSSR count). The van der Waals surface area contributed by atoms with Crippen LogP contribution in [0, 0.1) is 6.92 Å². The van der Waals surface area contributed by atoms with Crippen molar-refractivity contribution in [2.75, 3.05) is 0 Å². The Morgan fingerprint density at radius 1 is 1.32 bits per heavy atom. The molecule has 2 aromatic rings. The summed E-state index contributed by atoms with van der Waals surface area (Å²) < 4.78 is 6.75. The average Bonchev–Trinajstić information content (AvgIpc) is 2.39. The molecular weight excluding hydrogens is 304 g/mol. The minimum Gasteiger partial charge on any atom is -0.487 e. The predicted octanol–water partition coefficient (Wildman–Crippen LogP) is 3.75. The lowest BCUT2D eigenvalue weighted by molar-refractivity contribution is 0.299. The summed E-state index contributed by atoms with van der Waals surface area (Å²) in [6.07, 6.45) is 1.77. The van der Waals surface area contributed by atoms with E-state index in [2.05, 4.69) is 27.0 Å². The first-order valence-electron chi connectivity index (χ1n) is 6.15. The molecule has 0 spiro atoms. The molecule has 2 N–H and O–H groups in total. The molecule has 0 unspecified atom stereocenters. The summed E-state index contributed by atoms with van der Waals surface area (Å²) in [4.78, 5) is 4.28. The fraction of sp³-hybridized carbons (Fsp3) is 0.267. The molecule has 1 atom stereocenters. The summed E-state index contributed by atoms with van der Waals surface area (Å²) >= 11 is 3.36. The summed E-state index contributed by atoms with van der Waals surface area (Å²) in [5, 5.41) is 0. The van der Waals surface area contributed by atoms with Gasteiger partial charge in [0.25, 0.3) is 0 Å². The fourth-order valence-corrected chi connectivity index (χ4v) is 2.00. The second-order valence-corrected chi connectivity index (χ2v) is 5.49. The number of pyridine rings is 1. The van der Waals surface area contributed by atoms with Crippen molar-refractivity contribution in [2.24, 2.45) is 5.73 Å². The average molecular weight is 321 g/mol. The van der Waals surface area contributed by atoms with Crippen LogP contribution in [0.4, 0.5) is 0 Å². The van der Waals surface area contributed by atoms with Gasteiger partial charge in [0, 0.05) is 16.7 Å². The van der Waals surface area contributed by atoms with Crippen LogP contribution >= 0.6 is 15.9 Å². The summed E-state index contributed by atoms with van der Waals surface area (Å²) in [5.41, 5.74) is 8.97. The van der Waals surface area contributed by atoms with Crippen LogP contribution < -0.4 is 10.5 Å². The van der Waals surface area contributed by atoms with Crippen LogP contribution in [0.25, 0.3) is 0 Å². The monoisotopic (exact) mass is 320 g/mol. The first-order valence-corrected chi connectivity index (χ1v) is 6.95. The zero-order valence-electron chi connectivity index (χ0n) is 11.1. The van der Waals surface area contributed by atoms with Gasteiger partial charge in [-0.05, 0) is 59.1 Å². The Kier molecular flexibility index (Phi) is 4.56. The van der Waals surface area contributed by atoms with Gasteiger partial charge in [-0.1, -0.05) is 12.1 Å². The van der Waals surface area contributed by atoms with Crippen LogP contribution in [0.2, 0.25) is 0 Å². The maximum absolute atomic E-state index is 5.86. The first-order chi connectivity index (χ1) is 9.06. The maximum Gasteiger partial charge on any atom is 0.130 e. The lowest BCUT2D eigenvalue weighted by Crippen LogP contribution is -2.06. The van der Waals surface area contributed by atoms with Gasteiger partial charge < -0.3 is 10.5 Å². The van der Waals surface area contributed by atoms with Crippen molar-refractivity contribution in [3.63, 3.8) is 0 Å². The van der Waals surface area contributed by atoms with E-state index in [1.807, 2.05) is 38.1 Å². The molecule has 4 heteroatoms. The Morgan fingerprint density at radius 2 is 2.11 bits per heavy atom. The van der Waals surface area contributed by atoms with E-state index in [0.717, 1.165) is 27.0 Å². The van der Waals surface area contributed by atoms with Gasteiger partial charge in [0.1, 0.15) is 12.4 Å². The normalized spacial score (nSPS) is 12.2. The second kappa shape index (κ2) is 6.17. The Hall–Kier alpha value is -1.39. The van der Waals surface area contributed by atoms with Crippen molar-refractivity contribution in [1.29, 1.82) is 0 Å². The van der Waals surface area contributed by atoms with Crippen LogP contribution in [-0.2, 0) is 6.61 Å². The van der Waals surface area contributed by atoms with Crippen molar-refractivity contribution in [2.45, 2.75) is 26.5 Å². The number of aromatic nitrogens is 1. The van der Waals surface area contributed by atoms with E-state index < -0.39 is 0 Å². The molecule has 0 amide bonds. The number of ether oxygens (including phenoxy) is 1. The smallest absolute Gasteiger partial charge is 0.130 e. The molecule has 1 aromatic carbocycles. The lowest BCUT2D eigenvalue weighted by atomic mass is 10.1. The predicted molar refractivity (Wildman–Crippen MR) is 80.1 cm³/mol. The molecule has 0 saturated carbocycles. The molecule has 0 aliphatic heterocycles. The number of benzene rings is 1. The topological polar surface area (TPSA) is 48.1 Å². The highest BCUT2D eigenvalue weighted by Gasteiger charge is 2.05. The largest absolute Gasteiger partial charge is 0.487 e. The number of rotatable bonds is 4. The van der Waals surface area contributed by atoms with Gasteiger partial charge in [-0.2, -0.15) is 0 Å². The third-order valence-electron chi connectivity index (χ3n) is 2.89. The molecule has 1 heterocycles. The van der Waals surface area contributed by atoms with Crippen molar-refractivity contribution in [3.05, 3.63) is 57.8 Å². The minimum absolute atomic E-state index is 0.0425. The highest BCUT2D eigenvalue weighted by molar-refractivity contribution is 9.10. The van der Waals surface area contributed by atoms with Crippen molar-refractivity contribution < 1.29 is 4.74 Å². The molecule has 0 bridgehead atoms. The molecule has 0 aliphatic rings. The highest BCUT2D eigenvalue weighted by atomic mass is 79.9. The maximum atomic E-state index is 5.86. The summed E-state index contributed by atoms with van der Waals surface area (Å²) in [7, 11) is 0. The lowest BCUT2D eigenvalue weighted by Gasteiger charge is -2.12. The van der Waals surface area contributed by atoms with Gasteiger partial charge in [-0.3, -0.25) is 4.98 Å². The summed E-state index contributed by atoms with van der Waals surface area (Å²) in [6.45, 7) is 4.46.